The van der Waals surface area contributed by atoms with E-state index < -0.39 is 17.9 Å². The van der Waals surface area contributed by atoms with Gasteiger partial charge in [-0.1, -0.05) is 41.9 Å². The Balaban J connectivity index is 2.15. The number of halogens is 1. The van der Waals surface area contributed by atoms with Gasteiger partial charge in [-0.2, -0.15) is 0 Å². The third-order valence-electron chi connectivity index (χ3n) is 3.38. The van der Waals surface area contributed by atoms with Gasteiger partial charge in [-0.3, -0.25) is 19.7 Å². The van der Waals surface area contributed by atoms with E-state index in [1.165, 1.54) is 13.0 Å². The molecule has 0 heterocycles. The minimum Gasteiger partial charge on any atom is -0.376 e. The molecule has 4 N–H and O–H groups in total. The molecule has 1 atom stereocenters. The van der Waals surface area contributed by atoms with Crippen molar-refractivity contribution in [3.63, 3.8) is 0 Å². The molecule has 2 rings (SSSR count). The Morgan fingerprint density at radius 1 is 1.12 bits per heavy atom. The van der Waals surface area contributed by atoms with Crippen LogP contribution in [-0.4, -0.2) is 30.2 Å². The van der Waals surface area contributed by atoms with E-state index in [2.05, 4.69) is 10.6 Å². The van der Waals surface area contributed by atoms with Crippen molar-refractivity contribution in [2.75, 3.05) is 11.9 Å². The van der Waals surface area contributed by atoms with Crippen LogP contribution in [0, 0.1) is 0 Å². The lowest BCUT2D eigenvalue weighted by atomic mass is 10.0. The minimum absolute atomic E-state index is 0.185. The monoisotopic (exact) mass is 359 g/mol. The highest BCUT2D eigenvalue weighted by Crippen LogP contribution is 2.23. The minimum atomic E-state index is -0.783. The highest BCUT2D eigenvalue weighted by atomic mass is 35.5. The number of benzene rings is 2. The lowest BCUT2D eigenvalue weighted by Gasteiger charge is -2.12. The Labute approximate surface area is 150 Å². The van der Waals surface area contributed by atoms with Crippen molar-refractivity contribution in [1.82, 2.24) is 5.32 Å². The first-order valence-corrected chi connectivity index (χ1v) is 7.98. The number of nitrogens with two attached hydrogens (primary N) is 1. The highest BCUT2D eigenvalue weighted by molar-refractivity contribution is 6.31. The summed E-state index contributed by atoms with van der Waals surface area (Å²) in [6.45, 7) is 1.29. The molecule has 0 aliphatic heterocycles. The predicted molar refractivity (Wildman–Crippen MR) is 96.6 cm³/mol. The van der Waals surface area contributed by atoms with Crippen LogP contribution in [0.25, 0.3) is 0 Å². The normalized spacial score (nSPS) is 11.5. The smallest absolute Gasteiger partial charge is 0.245 e. The van der Waals surface area contributed by atoms with Crippen LogP contribution in [-0.2, 0) is 9.59 Å². The molecule has 130 valence electrons. The van der Waals surface area contributed by atoms with Crippen LogP contribution in [0.4, 0.5) is 5.69 Å². The number of amides is 2. The van der Waals surface area contributed by atoms with Gasteiger partial charge in [0, 0.05) is 21.8 Å². The Morgan fingerprint density at radius 3 is 2.44 bits per heavy atom. The summed E-state index contributed by atoms with van der Waals surface area (Å²) in [4.78, 5) is 35.9. The average Bonchev–Trinajstić information content (AvgIpc) is 2.60. The maximum Gasteiger partial charge on any atom is 0.245 e. The van der Waals surface area contributed by atoms with Gasteiger partial charge in [-0.05, 0) is 25.1 Å². The van der Waals surface area contributed by atoms with Gasteiger partial charge in [0.1, 0.15) is 0 Å². The van der Waals surface area contributed by atoms with E-state index in [4.69, 9.17) is 17.3 Å². The molecule has 2 aromatic carbocycles. The van der Waals surface area contributed by atoms with Crippen molar-refractivity contribution >= 4 is 34.9 Å². The summed E-state index contributed by atoms with van der Waals surface area (Å²) in [5.41, 5.74) is 6.68. The zero-order chi connectivity index (χ0) is 18.4. The molecule has 0 spiro atoms. The van der Waals surface area contributed by atoms with E-state index in [0.29, 0.717) is 21.8 Å². The molecule has 1 unspecified atom stereocenters. The van der Waals surface area contributed by atoms with Crippen LogP contribution in [0.15, 0.2) is 48.5 Å². The molecule has 0 saturated heterocycles. The molecule has 0 radical (unpaired) electrons. The molecule has 0 aliphatic carbocycles. The number of hydrogen-bond acceptors (Lipinski definition) is 5. The predicted octanol–water partition coefficient (Wildman–Crippen LogP) is 1.97. The zero-order valence-electron chi connectivity index (χ0n) is 13.6. The molecule has 25 heavy (non-hydrogen) atoms. The van der Waals surface area contributed by atoms with E-state index >= 15 is 0 Å². The van der Waals surface area contributed by atoms with Gasteiger partial charge in [0.25, 0.3) is 0 Å². The van der Waals surface area contributed by atoms with E-state index in [1.807, 2.05) is 6.07 Å². The fourth-order valence-electron chi connectivity index (χ4n) is 2.07. The number of imide groups is 1. The van der Waals surface area contributed by atoms with Crippen LogP contribution < -0.4 is 16.4 Å². The summed E-state index contributed by atoms with van der Waals surface area (Å²) in [7, 11) is 0. The van der Waals surface area contributed by atoms with Crippen LogP contribution in [0.3, 0.4) is 0 Å². The van der Waals surface area contributed by atoms with Crippen molar-refractivity contribution in [3.05, 3.63) is 64.7 Å². The zero-order valence-corrected chi connectivity index (χ0v) is 14.3. The van der Waals surface area contributed by atoms with E-state index in [0.717, 1.165) is 0 Å². The first-order valence-electron chi connectivity index (χ1n) is 7.61. The number of anilines is 1. The third-order valence-corrected chi connectivity index (χ3v) is 3.61. The molecule has 0 fully saturated rings. The number of carbonyl (C=O) groups is 3. The lowest BCUT2D eigenvalue weighted by Crippen LogP contribution is -2.43. The van der Waals surface area contributed by atoms with Crippen LogP contribution >= 0.6 is 11.6 Å². The highest BCUT2D eigenvalue weighted by Gasteiger charge is 2.16. The second-order valence-electron chi connectivity index (χ2n) is 5.44. The average molecular weight is 360 g/mol. The Hall–Kier alpha value is -2.70. The fraction of sp³-hybridized carbons (Fsp3) is 0.167. The largest absolute Gasteiger partial charge is 0.376 e. The molecule has 7 heteroatoms. The van der Waals surface area contributed by atoms with Crippen molar-refractivity contribution < 1.29 is 14.4 Å². The Morgan fingerprint density at radius 2 is 1.80 bits per heavy atom. The van der Waals surface area contributed by atoms with Gasteiger partial charge in [-0.15, -0.1) is 0 Å². The number of rotatable bonds is 6. The molecular formula is C18H18ClN3O3. The van der Waals surface area contributed by atoms with Gasteiger partial charge in [0.2, 0.25) is 11.8 Å². The van der Waals surface area contributed by atoms with Gasteiger partial charge >= 0.3 is 0 Å². The number of carbonyl (C=O) groups excluding carboxylic acids is 3. The molecule has 6 nitrogen and oxygen atoms in total. The van der Waals surface area contributed by atoms with Crippen molar-refractivity contribution in [2.45, 2.75) is 13.0 Å². The summed E-state index contributed by atoms with van der Waals surface area (Å²) in [5.74, 6) is -1.34. The summed E-state index contributed by atoms with van der Waals surface area (Å²) in [6, 6.07) is 12.7. The second-order valence-corrected chi connectivity index (χ2v) is 5.88. The van der Waals surface area contributed by atoms with Crippen molar-refractivity contribution in [1.29, 1.82) is 0 Å². The van der Waals surface area contributed by atoms with Crippen LogP contribution in [0.1, 0.15) is 22.8 Å². The molecule has 2 aromatic rings. The first kappa shape index (κ1) is 18.6. The van der Waals surface area contributed by atoms with Crippen LogP contribution in [0.5, 0.6) is 0 Å². The fourth-order valence-corrected chi connectivity index (χ4v) is 2.25. The van der Waals surface area contributed by atoms with E-state index in [9.17, 15) is 14.4 Å². The van der Waals surface area contributed by atoms with E-state index in [1.54, 1.807) is 36.4 Å². The van der Waals surface area contributed by atoms with Crippen molar-refractivity contribution in [3.8, 4) is 0 Å². The topological polar surface area (TPSA) is 101 Å². The molecule has 0 aromatic heterocycles. The molecule has 0 saturated carbocycles. The van der Waals surface area contributed by atoms with Crippen LogP contribution in [0.2, 0.25) is 5.02 Å². The third kappa shape index (κ3) is 5.14. The summed E-state index contributed by atoms with van der Waals surface area (Å²) < 4.78 is 0. The number of hydrogen-bond donors (Lipinski definition) is 3. The SMILES string of the molecule is CC(N)C(=O)NC(=O)CNc1ccc(Cl)cc1C(=O)c1ccccc1. The number of nitrogens with one attached hydrogen (secondary N) is 2. The quantitative estimate of drug-likeness (QED) is 0.684. The molecule has 0 bridgehead atoms. The Bertz CT molecular complexity index is 791. The second kappa shape index (κ2) is 8.41. The lowest BCUT2D eigenvalue weighted by molar-refractivity contribution is -0.130. The van der Waals surface area contributed by atoms with E-state index in [-0.39, 0.29) is 12.3 Å². The van der Waals surface area contributed by atoms with Gasteiger partial charge in [0.15, 0.2) is 5.78 Å². The molecule has 0 aliphatic rings. The summed E-state index contributed by atoms with van der Waals surface area (Å²) >= 11 is 6.00. The van der Waals surface area contributed by atoms with Gasteiger partial charge in [-0.25, -0.2) is 0 Å². The maximum absolute atomic E-state index is 12.7. The first-order chi connectivity index (χ1) is 11.9. The number of ketones is 1. The van der Waals surface area contributed by atoms with Gasteiger partial charge < -0.3 is 11.1 Å². The summed E-state index contributed by atoms with van der Waals surface area (Å²) in [5, 5.41) is 5.42. The molecule has 2 amide bonds. The molecular weight excluding hydrogens is 342 g/mol. The maximum atomic E-state index is 12.7. The van der Waals surface area contributed by atoms with Gasteiger partial charge in [0.05, 0.1) is 12.6 Å². The standard InChI is InChI=1S/C18H18ClN3O3/c1-11(20)18(25)22-16(23)10-21-15-8-7-13(19)9-14(15)17(24)12-5-3-2-4-6-12/h2-9,11,21H,10,20H2,1H3,(H,22,23,25). The van der Waals surface area contributed by atoms with Crippen molar-refractivity contribution in [2.24, 2.45) is 5.73 Å². The summed E-state index contributed by atoms with van der Waals surface area (Å²) in [6.07, 6.45) is 0. The Kier molecular flexibility index (Phi) is 6.27.